The van der Waals surface area contributed by atoms with E-state index in [4.69, 9.17) is 10.2 Å². The zero-order chi connectivity index (χ0) is 13.0. The zero-order valence-electron chi connectivity index (χ0n) is 10.3. The van der Waals surface area contributed by atoms with Crippen LogP contribution in [0.1, 0.15) is 24.5 Å². The number of carboxylic acid groups (broad SMARTS) is 1. The van der Waals surface area contributed by atoms with Crippen molar-refractivity contribution in [3.63, 3.8) is 0 Å². The van der Waals surface area contributed by atoms with Crippen molar-refractivity contribution in [2.75, 3.05) is 26.2 Å². The van der Waals surface area contributed by atoms with E-state index in [9.17, 15) is 4.79 Å². The molecule has 6 heteroatoms. The van der Waals surface area contributed by atoms with Gasteiger partial charge in [-0.1, -0.05) is 0 Å². The van der Waals surface area contributed by atoms with E-state index >= 15 is 0 Å². The van der Waals surface area contributed by atoms with Gasteiger partial charge in [-0.25, -0.2) is 0 Å². The Morgan fingerprint density at radius 1 is 1.56 bits per heavy atom. The molecule has 0 saturated carbocycles. The lowest BCUT2D eigenvalue weighted by molar-refractivity contribution is -0.138. The number of likely N-dealkylation sites (tertiary alicyclic amines) is 1. The van der Waals surface area contributed by atoms with Gasteiger partial charge in [0.05, 0.1) is 25.4 Å². The molecule has 100 valence electrons. The second-order valence-electron chi connectivity index (χ2n) is 4.70. The van der Waals surface area contributed by atoms with E-state index in [1.807, 2.05) is 17.2 Å². The number of hydrogen-bond acceptors (Lipinski definition) is 4. The first-order valence-corrected chi connectivity index (χ1v) is 6.27. The number of rotatable bonds is 5. The molecule has 1 aliphatic rings. The number of carbonyl (C=O) groups is 1. The molecule has 0 bridgehead atoms. The molecule has 0 spiro atoms. The standard InChI is InChI=1S/C12H19N3O3/c16-7-6-15-5-3-11(13-15)10-2-1-4-14(8-10)9-12(17)18/h3,5,10,16H,1-2,4,6-9H2,(H,17,18)/t10-/m0/s1. The van der Waals surface area contributed by atoms with Gasteiger partial charge in [0.25, 0.3) is 0 Å². The van der Waals surface area contributed by atoms with E-state index in [0.717, 1.165) is 31.6 Å². The fraction of sp³-hybridized carbons (Fsp3) is 0.667. The van der Waals surface area contributed by atoms with Crippen LogP contribution in [0.15, 0.2) is 12.3 Å². The third-order valence-corrected chi connectivity index (χ3v) is 3.27. The van der Waals surface area contributed by atoms with Crippen molar-refractivity contribution in [1.29, 1.82) is 0 Å². The van der Waals surface area contributed by atoms with Crippen molar-refractivity contribution < 1.29 is 15.0 Å². The topological polar surface area (TPSA) is 78.6 Å². The van der Waals surface area contributed by atoms with Gasteiger partial charge in [0.15, 0.2) is 0 Å². The van der Waals surface area contributed by atoms with Crippen molar-refractivity contribution >= 4 is 5.97 Å². The quantitative estimate of drug-likeness (QED) is 0.780. The van der Waals surface area contributed by atoms with Crippen LogP contribution >= 0.6 is 0 Å². The van der Waals surface area contributed by atoms with Crippen LogP contribution in [0.4, 0.5) is 0 Å². The van der Waals surface area contributed by atoms with Gasteiger partial charge in [0.1, 0.15) is 0 Å². The largest absolute Gasteiger partial charge is 0.480 e. The van der Waals surface area contributed by atoms with Gasteiger partial charge >= 0.3 is 5.97 Å². The predicted octanol–water partition coefficient (Wildman–Crippen LogP) is 0.139. The molecule has 1 aliphatic heterocycles. The van der Waals surface area contributed by atoms with Crippen molar-refractivity contribution in [3.05, 3.63) is 18.0 Å². The van der Waals surface area contributed by atoms with Crippen LogP contribution in [0.3, 0.4) is 0 Å². The number of piperidine rings is 1. The van der Waals surface area contributed by atoms with Crippen LogP contribution in [0.5, 0.6) is 0 Å². The molecular formula is C12H19N3O3. The fourth-order valence-electron chi connectivity index (χ4n) is 2.45. The van der Waals surface area contributed by atoms with Gasteiger partial charge in [-0.2, -0.15) is 5.10 Å². The van der Waals surface area contributed by atoms with Crippen LogP contribution in [-0.2, 0) is 11.3 Å². The van der Waals surface area contributed by atoms with E-state index in [2.05, 4.69) is 5.10 Å². The highest BCUT2D eigenvalue weighted by Crippen LogP contribution is 2.25. The molecule has 18 heavy (non-hydrogen) atoms. The number of nitrogens with zero attached hydrogens (tertiary/aromatic N) is 3. The van der Waals surface area contributed by atoms with Gasteiger partial charge in [-0.3, -0.25) is 14.4 Å². The first kappa shape index (κ1) is 13.0. The van der Waals surface area contributed by atoms with Crippen LogP contribution in [0.25, 0.3) is 0 Å². The second kappa shape index (κ2) is 5.97. The number of hydrogen-bond donors (Lipinski definition) is 2. The Kier molecular flexibility index (Phi) is 4.33. The molecule has 2 heterocycles. The van der Waals surface area contributed by atoms with E-state index in [-0.39, 0.29) is 13.2 Å². The van der Waals surface area contributed by atoms with Crippen molar-refractivity contribution in [3.8, 4) is 0 Å². The molecule has 1 atom stereocenters. The first-order valence-electron chi connectivity index (χ1n) is 6.27. The average molecular weight is 253 g/mol. The summed E-state index contributed by atoms with van der Waals surface area (Å²) in [7, 11) is 0. The smallest absolute Gasteiger partial charge is 0.317 e. The molecule has 1 saturated heterocycles. The maximum Gasteiger partial charge on any atom is 0.317 e. The Labute approximate surface area is 106 Å². The summed E-state index contributed by atoms with van der Waals surface area (Å²) in [5.41, 5.74) is 0.999. The molecular weight excluding hydrogens is 234 g/mol. The minimum absolute atomic E-state index is 0.0803. The normalized spacial score (nSPS) is 21.1. The summed E-state index contributed by atoms with van der Waals surface area (Å²) in [6, 6.07) is 1.96. The van der Waals surface area contributed by atoms with Gasteiger partial charge in [-0.15, -0.1) is 0 Å². The molecule has 0 aliphatic carbocycles. The monoisotopic (exact) mass is 253 g/mol. The maximum atomic E-state index is 10.7. The highest BCUT2D eigenvalue weighted by molar-refractivity contribution is 5.69. The van der Waals surface area contributed by atoms with E-state index in [1.165, 1.54) is 0 Å². The van der Waals surface area contributed by atoms with Crippen LogP contribution in [-0.4, -0.2) is 57.1 Å². The van der Waals surface area contributed by atoms with E-state index in [1.54, 1.807) is 4.68 Å². The van der Waals surface area contributed by atoms with Crippen molar-refractivity contribution in [2.45, 2.75) is 25.3 Å². The SMILES string of the molecule is O=C(O)CN1CCC[C@H](c2ccn(CCO)n2)C1. The predicted molar refractivity (Wildman–Crippen MR) is 65.4 cm³/mol. The molecule has 0 radical (unpaired) electrons. The first-order chi connectivity index (χ1) is 8.69. The van der Waals surface area contributed by atoms with E-state index < -0.39 is 5.97 Å². The summed E-state index contributed by atoms with van der Waals surface area (Å²) in [5.74, 6) is -0.473. The zero-order valence-corrected chi connectivity index (χ0v) is 10.3. The summed E-state index contributed by atoms with van der Waals surface area (Å²) < 4.78 is 1.73. The van der Waals surface area contributed by atoms with Crippen LogP contribution < -0.4 is 0 Å². The summed E-state index contributed by atoms with van der Waals surface area (Å²) in [5, 5.41) is 22.1. The summed E-state index contributed by atoms with van der Waals surface area (Å²) >= 11 is 0. The highest BCUT2D eigenvalue weighted by Gasteiger charge is 2.24. The molecule has 2 rings (SSSR count). The number of aromatic nitrogens is 2. The molecule has 1 aromatic heterocycles. The van der Waals surface area contributed by atoms with Gasteiger partial charge in [0, 0.05) is 18.7 Å². The average Bonchev–Trinajstić information content (AvgIpc) is 2.78. The number of aliphatic carboxylic acids is 1. The van der Waals surface area contributed by atoms with Crippen molar-refractivity contribution in [1.82, 2.24) is 14.7 Å². The fourth-order valence-corrected chi connectivity index (χ4v) is 2.45. The molecule has 2 N–H and O–H groups in total. The second-order valence-corrected chi connectivity index (χ2v) is 4.70. The lowest BCUT2D eigenvalue weighted by Crippen LogP contribution is -2.38. The van der Waals surface area contributed by atoms with Gasteiger partial charge in [0.2, 0.25) is 0 Å². The lowest BCUT2D eigenvalue weighted by atomic mass is 9.95. The molecule has 0 amide bonds. The minimum Gasteiger partial charge on any atom is -0.480 e. The molecule has 1 fully saturated rings. The molecule has 0 unspecified atom stereocenters. The Balaban J connectivity index is 1.96. The van der Waals surface area contributed by atoms with Gasteiger partial charge in [-0.05, 0) is 25.5 Å². The van der Waals surface area contributed by atoms with E-state index in [0.29, 0.717) is 12.5 Å². The Morgan fingerprint density at radius 3 is 3.11 bits per heavy atom. The summed E-state index contributed by atoms with van der Waals surface area (Å²) in [4.78, 5) is 12.7. The highest BCUT2D eigenvalue weighted by atomic mass is 16.4. The van der Waals surface area contributed by atoms with Crippen LogP contribution in [0.2, 0.25) is 0 Å². The Bertz CT molecular complexity index is 405. The minimum atomic E-state index is -0.776. The number of carboxylic acids is 1. The summed E-state index contributed by atoms with van der Waals surface area (Å²) in [6.45, 7) is 2.29. The van der Waals surface area contributed by atoms with Gasteiger partial charge < -0.3 is 10.2 Å². The molecule has 0 aromatic carbocycles. The number of aliphatic hydroxyl groups is 1. The molecule has 6 nitrogen and oxygen atoms in total. The molecule has 1 aromatic rings. The lowest BCUT2D eigenvalue weighted by Gasteiger charge is -2.30. The Hall–Kier alpha value is -1.40. The third-order valence-electron chi connectivity index (χ3n) is 3.27. The number of aliphatic hydroxyl groups excluding tert-OH is 1. The van der Waals surface area contributed by atoms with Crippen molar-refractivity contribution in [2.24, 2.45) is 0 Å². The Morgan fingerprint density at radius 2 is 2.39 bits per heavy atom. The van der Waals surface area contributed by atoms with Crippen LogP contribution in [0, 0.1) is 0 Å². The third kappa shape index (κ3) is 3.30. The summed E-state index contributed by atoms with van der Waals surface area (Å²) in [6.07, 6.45) is 3.92. The maximum absolute atomic E-state index is 10.7.